The topological polar surface area (TPSA) is 141 Å². The van der Waals surface area contributed by atoms with E-state index >= 15 is 0 Å². The third-order valence-electron chi connectivity index (χ3n) is 6.01. The normalized spacial score (nSPS) is 14.3. The van der Waals surface area contributed by atoms with Crippen LogP contribution in [0.15, 0.2) is 48.5 Å². The van der Waals surface area contributed by atoms with Gasteiger partial charge < -0.3 is 26.8 Å². The van der Waals surface area contributed by atoms with Crippen LogP contribution in [-0.4, -0.2) is 35.1 Å². The number of nitrogens with zero attached hydrogens (tertiary/aromatic N) is 3. The van der Waals surface area contributed by atoms with Crippen molar-refractivity contribution in [2.24, 2.45) is 5.73 Å². The summed E-state index contributed by atoms with van der Waals surface area (Å²) in [5.74, 6) is -0.157. The number of carbonyl (C=O) groups excluding carboxylic acids is 1. The summed E-state index contributed by atoms with van der Waals surface area (Å²) >= 11 is 0. The Balaban J connectivity index is 1.85. The SMILES string of the molecule is C[C@H](N)C(=O)Nc1cc(-c2cc(-c3ccccc3O)nc(N)c2C#N)ccc1N1CCCCC1. The summed E-state index contributed by atoms with van der Waals surface area (Å²) in [6.45, 7) is 3.45. The summed E-state index contributed by atoms with van der Waals surface area (Å²) < 4.78 is 0. The van der Waals surface area contributed by atoms with Crippen molar-refractivity contribution < 1.29 is 9.90 Å². The minimum atomic E-state index is -0.670. The molecule has 1 aliphatic heterocycles. The van der Waals surface area contributed by atoms with Crippen molar-refractivity contribution in [3.63, 3.8) is 0 Å². The molecule has 0 saturated carbocycles. The smallest absolute Gasteiger partial charge is 0.241 e. The second-order valence-corrected chi connectivity index (χ2v) is 8.50. The van der Waals surface area contributed by atoms with Gasteiger partial charge in [0.25, 0.3) is 0 Å². The fourth-order valence-electron chi connectivity index (χ4n) is 4.20. The Labute approximate surface area is 198 Å². The molecule has 1 atom stereocenters. The zero-order valence-corrected chi connectivity index (χ0v) is 19.1. The minimum Gasteiger partial charge on any atom is -0.507 e. The molecule has 0 spiro atoms. The van der Waals surface area contributed by atoms with Gasteiger partial charge in [-0.05, 0) is 62.1 Å². The molecule has 1 amide bonds. The van der Waals surface area contributed by atoms with Gasteiger partial charge in [-0.3, -0.25) is 4.79 Å². The summed E-state index contributed by atoms with van der Waals surface area (Å²) in [6.07, 6.45) is 3.37. The standard InChI is InChI=1S/C26H28N6O2/c1-16(28)26(34)31-22-13-17(9-10-23(22)32-11-5-2-6-12-32)19-14-21(30-25(29)20(19)15-27)18-7-3-4-8-24(18)33/h3-4,7-10,13-14,16,33H,2,5-6,11-12,28H2,1H3,(H2,29,30)(H,31,34)/t16-/m0/s1. The van der Waals surface area contributed by atoms with Crippen molar-refractivity contribution in [1.29, 1.82) is 5.26 Å². The predicted octanol–water partition coefficient (Wildman–Crippen LogP) is 3.85. The Kier molecular flexibility index (Phi) is 6.66. The van der Waals surface area contributed by atoms with Gasteiger partial charge in [0.2, 0.25) is 5.91 Å². The highest BCUT2D eigenvalue weighted by atomic mass is 16.3. The first kappa shape index (κ1) is 23.1. The summed E-state index contributed by atoms with van der Waals surface area (Å²) in [7, 11) is 0. The molecule has 8 nitrogen and oxygen atoms in total. The highest BCUT2D eigenvalue weighted by molar-refractivity contribution is 5.98. The van der Waals surface area contributed by atoms with Gasteiger partial charge >= 0.3 is 0 Å². The van der Waals surface area contributed by atoms with Crippen molar-refractivity contribution in [1.82, 2.24) is 4.98 Å². The van der Waals surface area contributed by atoms with Gasteiger partial charge in [-0.25, -0.2) is 4.98 Å². The number of nitriles is 1. The van der Waals surface area contributed by atoms with Crippen LogP contribution in [0.4, 0.5) is 17.2 Å². The number of phenols is 1. The van der Waals surface area contributed by atoms with Crippen LogP contribution >= 0.6 is 0 Å². The van der Waals surface area contributed by atoms with Gasteiger partial charge in [0.05, 0.1) is 23.1 Å². The van der Waals surface area contributed by atoms with E-state index in [1.807, 2.05) is 18.2 Å². The zero-order valence-electron chi connectivity index (χ0n) is 19.1. The summed E-state index contributed by atoms with van der Waals surface area (Å²) in [5.41, 5.74) is 16.0. The third kappa shape index (κ3) is 4.65. The molecule has 3 aromatic rings. The molecule has 1 aromatic heterocycles. The van der Waals surface area contributed by atoms with E-state index in [4.69, 9.17) is 11.5 Å². The van der Waals surface area contributed by atoms with Gasteiger partial charge in [-0.15, -0.1) is 0 Å². The molecule has 1 saturated heterocycles. The lowest BCUT2D eigenvalue weighted by Gasteiger charge is -2.31. The predicted molar refractivity (Wildman–Crippen MR) is 134 cm³/mol. The molecule has 2 heterocycles. The number of nitrogens with two attached hydrogens (primary N) is 2. The van der Waals surface area contributed by atoms with Crippen LogP contribution in [0.3, 0.4) is 0 Å². The fourth-order valence-corrected chi connectivity index (χ4v) is 4.20. The van der Waals surface area contributed by atoms with E-state index < -0.39 is 6.04 Å². The number of carbonyl (C=O) groups is 1. The second kappa shape index (κ2) is 9.81. The van der Waals surface area contributed by atoms with E-state index in [0.29, 0.717) is 28.1 Å². The lowest BCUT2D eigenvalue weighted by molar-refractivity contribution is -0.117. The molecule has 8 heteroatoms. The van der Waals surface area contributed by atoms with Crippen LogP contribution < -0.4 is 21.7 Å². The van der Waals surface area contributed by atoms with Crippen LogP contribution in [0, 0.1) is 11.3 Å². The monoisotopic (exact) mass is 456 g/mol. The largest absolute Gasteiger partial charge is 0.507 e. The van der Waals surface area contributed by atoms with Crippen molar-refractivity contribution >= 4 is 23.1 Å². The number of nitrogen functional groups attached to an aromatic ring is 1. The Bertz CT molecular complexity index is 1260. The number of piperidine rings is 1. The maximum atomic E-state index is 12.5. The molecular formula is C26H28N6O2. The number of anilines is 3. The number of aromatic nitrogens is 1. The van der Waals surface area contributed by atoms with Crippen LogP contribution in [-0.2, 0) is 4.79 Å². The van der Waals surface area contributed by atoms with Crippen molar-refractivity contribution in [3.05, 3.63) is 54.1 Å². The zero-order chi connectivity index (χ0) is 24.2. The first-order chi connectivity index (χ1) is 16.4. The number of para-hydroxylation sites is 1. The number of nitrogens with one attached hydrogen (secondary N) is 1. The van der Waals surface area contributed by atoms with Gasteiger partial charge in [0.15, 0.2) is 0 Å². The summed E-state index contributed by atoms with van der Waals surface area (Å²) in [5, 5.41) is 23.1. The maximum absolute atomic E-state index is 12.5. The van der Waals surface area contributed by atoms with Crippen molar-refractivity contribution in [3.8, 4) is 34.2 Å². The van der Waals surface area contributed by atoms with Crippen LogP contribution in [0.5, 0.6) is 5.75 Å². The van der Waals surface area contributed by atoms with E-state index in [1.54, 1.807) is 37.3 Å². The molecule has 1 fully saturated rings. The Hall–Kier alpha value is -4.09. The summed E-state index contributed by atoms with van der Waals surface area (Å²) in [6, 6.07) is 15.7. The molecule has 0 radical (unpaired) electrons. The fraction of sp³-hybridized carbons (Fsp3) is 0.269. The molecule has 1 aliphatic rings. The highest BCUT2D eigenvalue weighted by Gasteiger charge is 2.20. The minimum absolute atomic E-state index is 0.0652. The molecule has 4 rings (SSSR count). The van der Waals surface area contributed by atoms with E-state index in [9.17, 15) is 15.2 Å². The molecule has 0 bridgehead atoms. The number of pyridine rings is 1. The Morgan fingerprint density at radius 1 is 1.15 bits per heavy atom. The molecule has 6 N–H and O–H groups in total. The van der Waals surface area contributed by atoms with Gasteiger partial charge in [-0.2, -0.15) is 5.26 Å². The van der Waals surface area contributed by atoms with E-state index in [2.05, 4.69) is 21.3 Å². The number of amides is 1. The number of rotatable bonds is 5. The molecule has 2 aromatic carbocycles. The van der Waals surface area contributed by atoms with E-state index in [-0.39, 0.29) is 23.0 Å². The second-order valence-electron chi connectivity index (χ2n) is 8.50. The van der Waals surface area contributed by atoms with E-state index in [0.717, 1.165) is 31.6 Å². The van der Waals surface area contributed by atoms with Gasteiger partial charge in [0.1, 0.15) is 23.2 Å². The lowest BCUT2D eigenvalue weighted by atomic mass is 9.97. The molecule has 174 valence electrons. The highest BCUT2D eigenvalue weighted by Crippen LogP contribution is 2.38. The van der Waals surface area contributed by atoms with Gasteiger partial charge in [0, 0.05) is 24.2 Å². The van der Waals surface area contributed by atoms with Gasteiger partial charge in [-0.1, -0.05) is 18.2 Å². The molecule has 0 aliphatic carbocycles. The van der Waals surface area contributed by atoms with Crippen molar-refractivity contribution in [2.75, 3.05) is 29.0 Å². The number of aromatic hydroxyl groups is 1. The third-order valence-corrected chi connectivity index (χ3v) is 6.01. The van der Waals surface area contributed by atoms with Crippen LogP contribution in [0.25, 0.3) is 22.4 Å². The number of hydrogen-bond donors (Lipinski definition) is 4. The molecule has 34 heavy (non-hydrogen) atoms. The Morgan fingerprint density at radius 3 is 2.56 bits per heavy atom. The average Bonchev–Trinajstić information content (AvgIpc) is 2.84. The van der Waals surface area contributed by atoms with Crippen LogP contribution in [0.2, 0.25) is 0 Å². The Morgan fingerprint density at radius 2 is 1.88 bits per heavy atom. The number of benzene rings is 2. The van der Waals surface area contributed by atoms with E-state index in [1.165, 1.54) is 6.42 Å². The quantitative estimate of drug-likeness (QED) is 0.457. The lowest BCUT2D eigenvalue weighted by Crippen LogP contribution is -2.34. The summed E-state index contributed by atoms with van der Waals surface area (Å²) in [4.78, 5) is 19.1. The maximum Gasteiger partial charge on any atom is 0.241 e. The van der Waals surface area contributed by atoms with Crippen LogP contribution in [0.1, 0.15) is 31.7 Å². The molecular weight excluding hydrogens is 428 g/mol. The van der Waals surface area contributed by atoms with Crippen molar-refractivity contribution in [2.45, 2.75) is 32.2 Å². The number of phenolic OH excluding ortho intramolecular Hbond substituents is 1. The molecule has 0 unspecified atom stereocenters. The first-order valence-electron chi connectivity index (χ1n) is 11.3. The first-order valence-corrected chi connectivity index (χ1v) is 11.3. The average molecular weight is 457 g/mol. The number of hydrogen-bond acceptors (Lipinski definition) is 7.